The molecule has 0 aromatic rings. The molecule has 2 N–H and O–H groups in total. The van der Waals surface area contributed by atoms with Crippen LogP contribution in [0.3, 0.4) is 0 Å². The maximum Gasteiger partial charge on any atom is 0.326 e. The molecule has 1 aliphatic heterocycles. The van der Waals surface area contributed by atoms with Crippen LogP contribution < -0.4 is 0 Å². The van der Waals surface area contributed by atoms with Gasteiger partial charge in [-0.2, -0.15) is 0 Å². The molecule has 0 aliphatic carbocycles. The molecule has 0 bridgehead atoms. The van der Waals surface area contributed by atoms with E-state index >= 15 is 0 Å². The number of carboxylic acid groups (broad SMARTS) is 1. The molecule has 5 nitrogen and oxygen atoms in total. The second-order valence-electron chi connectivity index (χ2n) is 3.68. The van der Waals surface area contributed by atoms with Gasteiger partial charge in [-0.1, -0.05) is 6.08 Å². The summed E-state index contributed by atoms with van der Waals surface area (Å²) in [5.41, 5.74) is 0. The smallest absolute Gasteiger partial charge is 0.326 e. The first-order valence-corrected chi connectivity index (χ1v) is 4.84. The van der Waals surface area contributed by atoms with Crippen molar-refractivity contribution in [3.8, 4) is 0 Å². The van der Waals surface area contributed by atoms with Crippen LogP contribution in [-0.2, 0) is 9.59 Å². The molecule has 2 atom stereocenters. The number of nitrogens with zero attached hydrogens (tertiary/aromatic N) is 1. The molecule has 5 heteroatoms. The van der Waals surface area contributed by atoms with Crippen molar-refractivity contribution in [3.63, 3.8) is 0 Å². The number of aliphatic hydroxyl groups excluding tert-OH is 1. The van der Waals surface area contributed by atoms with E-state index in [1.807, 2.05) is 0 Å². The highest BCUT2D eigenvalue weighted by Gasteiger charge is 2.36. The number of carboxylic acids is 1. The van der Waals surface area contributed by atoms with Crippen molar-refractivity contribution in [1.82, 2.24) is 4.90 Å². The summed E-state index contributed by atoms with van der Waals surface area (Å²) in [5.74, 6) is -1.37. The van der Waals surface area contributed by atoms with Gasteiger partial charge in [0.1, 0.15) is 6.04 Å². The number of carbonyl (C=O) groups is 2. The number of likely N-dealkylation sites (tertiary alicyclic amines) is 1. The average molecular weight is 213 g/mol. The summed E-state index contributed by atoms with van der Waals surface area (Å²) in [6, 6.07) is -0.841. The molecule has 1 aliphatic rings. The van der Waals surface area contributed by atoms with E-state index in [1.54, 1.807) is 0 Å². The van der Waals surface area contributed by atoms with Gasteiger partial charge in [-0.25, -0.2) is 4.79 Å². The maximum absolute atomic E-state index is 11.5. The summed E-state index contributed by atoms with van der Waals surface area (Å²) < 4.78 is 0. The molecule has 2 unspecified atom stereocenters. The summed E-state index contributed by atoms with van der Waals surface area (Å²) in [6.45, 7) is 3.71. The summed E-state index contributed by atoms with van der Waals surface area (Å²) in [6.07, 6.45) is 1.95. The molecule has 0 spiro atoms. The highest BCUT2D eigenvalue weighted by atomic mass is 16.4. The van der Waals surface area contributed by atoms with E-state index in [0.717, 1.165) is 0 Å². The van der Waals surface area contributed by atoms with E-state index in [-0.39, 0.29) is 31.3 Å². The Bertz CT molecular complexity index is 277. The van der Waals surface area contributed by atoms with E-state index in [2.05, 4.69) is 6.58 Å². The minimum absolute atomic E-state index is 0.0807. The SMILES string of the molecule is C=CCC(C(=O)O)N1CC(CO)CC1=O. The fourth-order valence-electron chi connectivity index (χ4n) is 1.75. The molecule has 1 heterocycles. The predicted octanol–water partition coefficient (Wildman–Crippen LogP) is -0.144. The standard InChI is InChI=1S/C10H15NO4/c1-2-3-8(10(14)15)11-5-7(6-12)4-9(11)13/h2,7-8,12H,1,3-6H2,(H,14,15). The lowest BCUT2D eigenvalue weighted by Gasteiger charge is -2.23. The van der Waals surface area contributed by atoms with Gasteiger partial charge in [-0.3, -0.25) is 4.79 Å². The minimum atomic E-state index is -1.03. The van der Waals surface area contributed by atoms with Gasteiger partial charge in [-0.05, 0) is 6.42 Å². The summed E-state index contributed by atoms with van der Waals surface area (Å²) in [5, 5.41) is 17.8. The first-order chi connectivity index (χ1) is 7.10. The first kappa shape index (κ1) is 11.7. The van der Waals surface area contributed by atoms with Crippen LogP contribution in [0.1, 0.15) is 12.8 Å². The van der Waals surface area contributed by atoms with Gasteiger partial charge in [-0.15, -0.1) is 6.58 Å². The van der Waals surface area contributed by atoms with Crippen molar-refractivity contribution in [1.29, 1.82) is 0 Å². The quantitative estimate of drug-likeness (QED) is 0.623. The number of carbonyl (C=O) groups excluding carboxylic acids is 1. The van der Waals surface area contributed by atoms with Gasteiger partial charge in [0.05, 0.1) is 0 Å². The average Bonchev–Trinajstić information content (AvgIpc) is 2.55. The highest BCUT2D eigenvalue weighted by molar-refractivity contribution is 5.85. The molecular formula is C10H15NO4. The third-order valence-electron chi connectivity index (χ3n) is 2.55. The molecule has 0 saturated carbocycles. The Morgan fingerprint density at radius 3 is 2.80 bits per heavy atom. The molecule has 1 amide bonds. The fourth-order valence-corrected chi connectivity index (χ4v) is 1.75. The van der Waals surface area contributed by atoms with Crippen molar-refractivity contribution in [2.45, 2.75) is 18.9 Å². The fraction of sp³-hybridized carbons (Fsp3) is 0.600. The molecule has 0 aromatic carbocycles. The second-order valence-corrected chi connectivity index (χ2v) is 3.68. The Morgan fingerprint density at radius 2 is 2.40 bits per heavy atom. The Balaban J connectivity index is 2.72. The highest BCUT2D eigenvalue weighted by Crippen LogP contribution is 2.21. The van der Waals surface area contributed by atoms with Gasteiger partial charge >= 0.3 is 5.97 Å². The zero-order valence-corrected chi connectivity index (χ0v) is 8.43. The van der Waals surface area contributed by atoms with Gasteiger partial charge in [0.15, 0.2) is 0 Å². The molecule has 0 aromatic heterocycles. The van der Waals surface area contributed by atoms with Crippen LogP contribution >= 0.6 is 0 Å². The molecule has 15 heavy (non-hydrogen) atoms. The van der Waals surface area contributed by atoms with E-state index in [4.69, 9.17) is 10.2 Å². The molecule has 0 radical (unpaired) electrons. The van der Waals surface area contributed by atoms with Crippen LogP contribution in [0.15, 0.2) is 12.7 Å². The van der Waals surface area contributed by atoms with Crippen molar-refractivity contribution in [2.75, 3.05) is 13.2 Å². The lowest BCUT2D eigenvalue weighted by Crippen LogP contribution is -2.42. The second kappa shape index (κ2) is 4.93. The lowest BCUT2D eigenvalue weighted by molar-refractivity contribution is -0.148. The Morgan fingerprint density at radius 1 is 1.73 bits per heavy atom. The van der Waals surface area contributed by atoms with Crippen LogP contribution in [-0.4, -0.2) is 46.2 Å². The number of hydrogen-bond acceptors (Lipinski definition) is 3. The monoisotopic (exact) mass is 213 g/mol. The van der Waals surface area contributed by atoms with Gasteiger partial charge in [0, 0.05) is 25.5 Å². The van der Waals surface area contributed by atoms with Gasteiger partial charge < -0.3 is 15.1 Å². The van der Waals surface area contributed by atoms with Crippen LogP contribution in [0.5, 0.6) is 0 Å². The summed E-state index contributed by atoms with van der Waals surface area (Å²) in [4.78, 5) is 23.7. The third kappa shape index (κ3) is 2.56. The molecule has 1 fully saturated rings. The lowest BCUT2D eigenvalue weighted by atomic mass is 10.1. The van der Waals surface area contributed by atoms with E-state index in [1.165, 1.54) is 11.0 Å². The van der Waals surface area contributed by atoms with Crippen LogP contribution in [0.4, 0.5) is 0 Å². The normalized spacial score (nSPS) is 22.9. The number of hydrogen-bond donors (Lipinski definition) is 2. The Kier molecular flexibility index (Phi) is 3.85. The maximum atomic E-state index is 11.5. The van der Waals surface area contributed by atoms with Gasteiger partial charge in [0.2, 0.25) is 5.91 Å². The van der Waals surface area contributed by atoms with Crippen LogP contribution in [0.2, 0.25) is 0 Å². The van der Waals surface area contributed by atoms with Crippen LogP contribution in [0.25, 0.3) is 0 Å². The number of aliphatic hydroxyl groups is 1. The van der Waals surface area contributed by atoms with Crippen molar-refractivity contribution >= 4 is 11.9 Å². The Hall–Kier alpha value is -1.36. The number of amides is 1. The molecule has 1 rings (SSSR count). The zero-order chi connectivity index (χ0) is 11.4. The third-order valence-corrected chi connectivity index (χ3v) is 2.55. The zero-order valence-electron chi connectivity index (χ0n) is 8.43. The summed E-state index contributed by atoms with van der Waals surface area (Å²) >= 11 is 0. The first-order valence-electron chi connectivity index (χ1n) is 4.84. The van der Waals surface area contributed by atoms with Crippen molar-refractivity contribution < 1.29 is 19.8 Å². The predicted molar refractivity (Wildman–Crippen MR) is 53.1 cm³/mol. The minimum Gasteiger partial charge on any atom is -0.480 e. The van der Waals surface area contributed by atoms with E-state index in [9.17, 15) is 9.59 Å². The molecule has 84 valence electrons. The van der Waals surface area contributed by atoms with Gasteiger partial charge in [0.25, 0.3) is 0 Å². The van der Waals surface area contributed by atoms with E-state index < -0.39 is 12.0 Å². The summed E-state index contributed by atoms with van der Waals surface area (Å²) in [7, 11) is 0. The van der Waals surface area contributed by atoms with Crippen molar-refractivity contribution in [3.05, 3.63) is 12.7 Å². The van der Waals surface area contributed by atoms with Crippen molar-refractivity contribution in [2.24, 2.45) is 5.92 Å². The number of rotatable bonds is 5. The largest absolute Gasteiger partial charge is 0.480 e. The number of aliphatic carboxylic acids is 1. The Labute approximate surface area is 88.0 Å². The molecule has 1 saturated heterocycles. The topological polar surface area (TPSA) is 77.8 Å². The van der Waals surface area contributed by atoms with Crippen LogP contribution in [0, 0.1) is 5.92 Å². The molecular weight excluding hydrogens is 198 g/mol. The van der Waals surface area contributed by atoms with E-state index in [0.29, 0.717) is 6.54 Å².